The Hall–Kier alpha value is -2.92. The fraction of sp³-hybridized carbons (Fsp3) is 0. The third-order valence-electron chi connectivity index (χ3n) is 2.35. The maximum Gasteiger partial charge on any atom is 0.256 e. The molecular weight excluding hydrogens is 280 g/mol. The van der Waals surface area contributed by atoms with Gasteiger partial charge in [-0.25, -0.2) is 4.98 Å². The Balaban J connectivity index is 2.12. The summed E-state index contributed by atoms with van der Waals surface area (Å²) in [4.78, 5) is 20.0. The zero-order valence-corrected chi connectivity index (χ0v) is 10.6. The number of halogens is 1. The second-order valence-electron chi connectivity index (χ2n) is 3.64. The highest BCUT2D eigenvalue weighted by Crippen LogP contribution is 2.17. The van der Waals surface area contributed by atoms with E-state index in [0.29, 0.717) is 17.0 Å². The van der Waals surface area contributed by atoms with Crippen molar-refractivity contribution < 1.29 is 0 Å². The van der Waals surface area contributed by atoms with Crippen molar-refractivity contribution in [2.24, 2.45) is 0 Å². The van der Waals surface area contributed by atoms with E-state index in [1.165, 1.54) is 29.7 Å². The van der Waals surface area contributed by atoms with Crippen LogP contribution >= 0.6 is 11.6 Å². The fourth-order valence-electron chi connectivity index (χ4n) is 1.51. The van der Waals surface area contributed by atoms with Crippen LogP contribution in [0, 0.1) is 11.3 Å². The van der Waals surface area contributed by atoms with Crippen LogP contribution in [-0.4, -0.2) is 34.7 Å². The predicted octanol–water partition coefficient (Wildman–Crippen LogP) is 1.04. The summed E-state index contributed by atoms with van der Waals surface area (Å²) in [6.07, 6.45) is 5.79. The maximum atomic E-state index is 8.88. The first kappa shape index (κ1) is 12.1. The Kier molecular flexibility index (Phi) is 3.02. The minimum Gasteiger partial charge on any atom is -0.263 e. The molecule has 8 nitrogen and oxygen atoms in total. The number of hydrogen-bond acceptors (Lipinski definition) is 7. The van der Waals surface area contributed by atoms with Crippen LogP contribution in [0.25, 0.3) is 17.3 Å². The minimum absolute atomic E-state index is 0.0165. The van der Waals surface area contributed by atoms with Crippen LogP contribution in [0.5, 0.6) is 0 Å². The molecule has 0 saturated carbocycles. The average molecular weight is 285 g/mol. The quantitative estimate of drug-likeness (QED) is 0.692. The van der Waals surface area contributed by atoms with E-state index in [9.17, 15) is 0 Å². The zero-order chi connectivity index (χ0) is 13.9. The van der Waals surface area contributed by atoms with E-state index in [-0.39, 0.29) is 11.2 Å². The highest BCUT2D eigenvalue weighted by Gasteiger charge is 2.10. The molecule has 9 heteroatoms. The molecule has 0 saturated heterocycles. The summed E-state index contributed by atoms with van der Waals surface area (Å²) in [6.45, 7) is 0. The third kappa shape index (κ3) is 2.30. The first-order chi connectivity index (χ1) is 9.76. The second-order valence-corrected chi connectivity index (χ2v) is 3.98. The Bertz CT molecular complexity index is 792. The average Bonchev–Trinajstić information content (AvgIpc) is 3.01. The van der Waals surface area contributed by atoms with E-state index in [4.69, 9.17) is 16.9 Å². The Labute approximate surface area is 117 Å². The number of nitrogens with zero attached hydrogens (tertiary/aromatic N) is 8. The molecule has 96 valence electrons. The monoisotopic (exact) mass is 284 g/mol. The molecule has 0 N–H and O–H groups in total. The van der Waals surface area contributed by atoms with Gasteiger partial charge < -0.3 is 0 Å². The molecule has 3 heterocycles. The van der Waals surface area contributed by atoms with Gasteiger partial charge in [-0.05, 0) is 17.7 Å². The molecule has 0 radical (unpaired) electrons. The summed E-state index contributed by atoms with van der Waals surface area (Å²) in [7, 11) is 0. The lowest BCUT2D eigenvalue weighted by atomic mass is 10.2. The van der Waals surface area contributed by atoms with Crippen LogP contribution in [0.3, 0.4) is 0 Å². The molecule has 0 aromatic carbocycles. The van der Waals surface area contributed by atoms with Gasteiger partial charge in [-0.1, -0.05) is 0 Å². The van der Waals surface area contributed by atoms with Gasteiger partial charge in [0.1, 0.15) is 18.7 Å². The fourth-order valence-corrected chi connectivity index (χ4v) is 1.66. The summed E-state index contributed by atoms with van der Waals surface area (Å²) >= 11 is 5.88. The van der Waals surface area contributed by atoms with Gasteiger partial charge in [-0.3, -0.25) is 4.98 Å². The Morgan fingerprint density at radius 2 is 2.05 bits per heavy atom. The van der Waals surface area contributed by atoms with E-state index in [1.807, 2.05) is 6.07 Å². The number of hydrogen-bond donors (Lipinski definition) is 0. The number of aromatic nitrogens is 7. The molecule has 0 bridgehead atoms. The standard InChI is InChI=1S/C11H5ClN8/c12-10-17-9(8-1-7(2-13)3-14-4-8)18-11(19-10)20-6-15-5-16-20/h1,3-6H. The van der Waals surface area contributed by atoms with Crippen LogP contribution in [0.15, 0.2) is 31.1 Å². The summed E-state index contributed by atoms with van der Waals surface area (Å²) in [5.74, 6) is 0.542. The summed E-state index contributed by atoms with van der Waals surface area (Å²) in [5, 5.41) is 12.8. The minimum atomic E-state index is 0.0165. The lowest BCUT2D eigenvalue weighted by Gasteiger charge is -2.03. The van der Waals surface area contributed by atoms with Gasteiger partial charge in [0, 0.05) is 18.0 Å². The van der Waals surface area contributed by atoms with Gasteiger partial charge in [0.15, 0.2) is 5.82 Å². The van der Waals surface area contributed by atoms with Crippen LogP contribution in [-0.2, 0) is 0 Å². The molecule has 0 fully saturated rings. The van der Waals surface area contributed by atoms with Crippen molar-refractivity contribution in [2.45, 2.75) is 0 Å². The molecule has 0 aliphatic rings. The zero-order valence-electron chi connectivity index (χ0n) is 9.84. The van der Waals surface area contributed by atoms with Gasteiger partial charge in [-0.15, -0.1) is 0 Å². The van der Waals surface area contributed by atoms with Crippen molar-refractivity contribution in [1.82, 2.24) is 34.7 Å². The molecule has 20 heavy (non-hydrogen) atoms. The predicted molar refractivity (Wildman–Crippen MR) is 67.7 cm³/mol. The molecule has 0 aliphatic carbocycles. The highest BCUT2D eigenvalue weighted by atomic mass is 35.5. The summed E-state index contributed by atoms with van der Waals surface area (Å²) < 4.78 is 1.36. The van der Waals surface area contributed by atoms with Crippen molar-refractivity contribution in [3.8, 4) is 23.4 Å². The molecule has 0 spiro atoms. The van der Waals surface area contributed by atoms with Crippen molar-refractivity contribution in [1.29, 1.82) is 5.26 Å². The van der Waals surface area contributed by atoms with Gasteiger partial charge in [0.2, 0.25) is 5.28 Å². The molecule has 0 atom stereocenters. The lowest BCUT2D eigenvalue weighted by molar-refractivity contribution is 0.796. The number of nitriles is 1. The molecule has 0 amide bonds. The van der Waals surface area contributed by atoms with Crippen molar-refractivity contribution >= 4 is 11.6 Å². The van der Waals surface area contributed by atoms with Gasteiger partial charge >= 0.3 is 0 Å². The van der Waals surface area contributed by atoms with E-state index in [1.54, 1.807) is 6.07 Å². The van der Waals surface area contributed by atoms with E-state index < -0.39 is 0 Å². The van der Waals surface area contributed by atoms with Crippen molar-refractivity contribution in [3.63, 3.8) is 0 Å². The second kappa shape index (κ2) is 4.99. The topological polar surface area (TPSA) is 106 Å². The SMILES string of the molecule is N#Cc1cncc(-c2nc(Cl)nc(-n3cncn3)n2)c1. The third-order valence-corrected chi connectivity index (χ3v) is 2.51. The number of rotatable bonds is 2. The largest absolute Gasteiger partial charge is 0.263 e. The van der Waals surface area contributed by atoms with Gasteiger partial charge in [0.25, 0.3) is 5.95 Å². The normalized spacial score (nSPS) is 10.2. The van der Waals surface area contributed by atoms with Crippen LogP contribution < -0.4 is 0 Å². The van der Waals surface area contributed by atoms with Crippen molar-refractivity contribution in [2.75, 3.05) is 0 Å². The van der Waals surface area contributed by atoms with Crippen molar-refractivity contribution in [3.05, 3.63) is 42.0 Å². The molecule has 0 aliphatic heterocycles. The van der Waals surface area contributed by atoms with E-state index in [0.717, 1.165) is 0 Å². The summed E-state index contributed by atoms with van der Waals surface area (Å²) in [5.41, 5.74) is 0.969. The highest BCUT2D eigenvalue weighted by molar-refractivity contribution is 6.28. The van der Waals surface area contributed by atoms with Crippen LogP contribution in [0.1, 0.15) is 5.56 Å². The molecule has 3 aromatic rings. The molecular formula is C11H5ClN8. The van der Waals surface area contributed by atoms with Gasteiger partial charge in [-0.2, -0.15) is 30.0 Å². The first-order valence-corrected chi connectivity index (χ1v) is 5.76. The van der Waals surface area contributed by atoms with Crippen LogP contribution in [0.2, 0.25) is 5.28 Å². The molecule has 3 aromatic heterocycles. The Morgan fingerprint density at radius 1 is 1.15 bits per heavy atom. The van der Waals surface area contributed by atoms with Gasteiger partial charge in [0.05, 0.1) is 5.56 Å². The Morgan fingerprint density at radius 3 is 2.80 bits per heavy atom. The van der Waals surface area contributed by atoms with Crippen LogP contribution in [0.4, 0.5) is 0 Å². The first-order valence-electron chi connectivity index (χ1n) is 5.38. The van der Waals surface area contributed by atoms with E-state index >= 15 is 0 Å². The molecule has 3 rings (SSSR count). The molecule has 0 unspecified atom stereocenters. The smallest absolute Gasteiger partial charge is 0.256 e. The van der Waals surface area contributed by atoms with E-state index in [2.05, 4.69) is 30.0 Å². The number of pyridine rings is 1. The summed E-state index contributed by atoms with van der Waals surface area (Å²) in [6, 6.07) is 3.61. The maximum absolute atomic E-state index is 8.88. The lowest BCUT2D eigenvalue weighted by Crippen LogP contribution is -2.05.